The van der Waals surface area contributed by atoms with E-state index in [1.807, 2.05) is 30.3 Å². The third-order valence-electron chi connectivity index (χ3n) is 4.02. The van der Waals surface area contributed by atoms with Crippen LogP contribution in [0.1, 0.15) is 11.1 Å². The summed E-state index contributed by atoms with van der Waals surface area (Å²) in [4.78, 5) is 26.7. The Balaban J connectivity index is 1.70. The van der Waals surface area contributed by atoms with E-state index in [0.29, 0.717) is 0 Å². The van der Waals surface area contributed by atoms with E-state index in [2.05, 4.69) is 10.3 Å². The van der Waals surface area contributed by atoms with Gasteiger partial charge in [-0.05, 0) is 23.3 Å². The number of H-pyrrole nitrogens is 1. The molecule has 0 spiro atoms. The second-order valence-corrected chi connectivity index (χ2v) is 5.87. The first-order valence-corrected chi connectivity index (χ1v) is 7.88. The van der Waals surface area contributed by atoms with Crippen molar-refractivity contribution in [1.29, 1.82) is 0 Å². The van der Waals surface area contributed by atoms with Gasteiger partial charge in [-0.25, -0.2) is 4.79 Å². The summed E-state index contributed by atoms with van der Waals surface area (Å²) in [5.74, 6) is -1.29. The minimum absolute atomic E-state index is 0.0589. The molecular formula is C19H18N2O4. The number of rotatable bonds is 6. The second-order valence-electron chi connectivity index (χ2n) is 5.87. The van der Waals surface area contributed by atoms with Crippen molar-refractivity contribution in [3.8, 4) is 5.75 Å². The van der Waals surface area contributed by atoms with Crippen molar-refractivity contribution < 1.29 is 19.8 Å². The first-order chi connectivity index (χ1) is 12.0. The molecule has 0 saturated heterocycles. The zero-order valence-electron chi connectivity index (χ0n) is 13.4. The van der Waals surface area contributed by atoms with E-state index in [1.54, 1.807) is 24.4 Å². The summed E-state index contributed by atoms with van der Waals surface area (Å²) in [6.45, 7) is 0. The van der Waals surface area contributed by atoms with Gasteiger partial charge in [0, 0.05) is 29.6 Å². The quantitative estimate of drug-likeness (QED) is 0.553. The number of aromatic hydroxyl groups is 1. The summed E-state index contributed by atoms with van der Waals surface area (Å²) < 4.78 is 0. The predicted molar refractivity (Wildman–Crippen MR) is 93.4 cm³/mol. The van der Waals surface area contributed by atoms with E-state index in [-0.39, 0.29) is 24.5 Å². The van der Waals surface area contributed by atoms with Crippen LogP contribution in [0.4, 0.5) is 0 Å². The molecule has 0 radical (unpaired) electrons. The van der Waals surface area contributed by atoms with Crippen molar-refractivity contribution in [3.63, 3.8) is 0 Å². The Hall–Kier alpha value is -3.28. The van der Waals surface area contributed by atoms with E-state index in [9.17, 15) is 19.8 Å². The van der Waals surface area contributed by atoms with Gasteiger partial charge in [0.1, 0.15) is 11.8 Å². The van der Waals surface area contributed by atoms with Crippen molar-refractivity contribution in [2.75, 3.05) is 0 Å². The maximum Gasteiger partial charge on any atom is 0.326 e. The van der Waals surface area contributed by atoms with Gasteiger partial charge in [0.25, 0.3) is 0 Å². The fraction of sp³-hybridized carbons (Fsp3) is 0.158. The first-order valence-electron chi connectivity index (χ1n) is 7.88. The fourth-order valence-electron chi connectivity index (χ4n) is 2.79. The Morgan fingerprint density at radius 2 is 1.88 bits per heavy atom. The van der Waals surface area contributed by atoms with E-state index >= 15 is 0 Å². The fourth-order valence-corrected chi connectivity index (χ4v) is 2.79. The van der Waals surface area contributed by atoms with Gasteiger partial charge < -0.3 is 20.5 Å². The van der Waals surface area contributed by atoms with Crippen LogP contribution in [0.2, 0.25) is 0 Å². The smallest absolute Gasteiger partial charge is 0.326 e. The lowest BCUT2D eigenvalue weighted by molar-refractivity contribution is -0.141. The van der Waals surface area contributed by atoms with Crippen molar-refractivity contribution in [2.24, 2.45) is 0 Å². The molecule has 3 aromatic rings. The highest BCUT2D eigenvalue weighted by atomic mass is 16.4. The molecular weight excluding hydrogens is 320 g/mol. The number of benzene rings is 2. The number of fused-ring (bicyclic) bond motifs is 1. The number of aromatic nitrogens is 1. The van der Waals surface area contributed by atoms with Gasteiger partial charge in [-0.15, -0.1) is 0 Å². The molecule has 2 aromatic carbocycles. The normalized spacial score (nSPS) is 12.0. The number of phenols is 1. The molecule has 0 aliphatic carbocycles. The Bertz CT molecular complexity index is 902. The number of phenolic OH excluding ortho intramolecular Hbond substituents is 1. The molecule has 1 aromatic heterocycles. The minimum Gasteiger partial charge on any atom is -0.508 e. The average Bonchev–Trinajstić information content (AvgIpc) is 2.97. The third-order valence-corrected chi connectivity index (χ3v) is 4.02. The summed E-state index contributed by atoms with van der Waals surface area (Å²) >= 11 is 0. The number of amides is 1. The molecule has 4 N–H and O–H groups in total. The number of hydrogen-bond donors (Lipinski definition) is 4. The average molecular weight is 338 g/mol. The number of nitrogens with one attached hydrogen (secondary N) is 2. The maximum atomic E-state index is 12.3. The highest BCUT2D eigenvalue weighted by Crippen LogP contribution is 2.22. The molecule has 0 saturated carbocycles. The second kappa shape index (κ2) is 7.09. The van der Waals surface area contributed by atoms with Crippen LogP contribution >= 0.6 is 0 Å². The van der Waals surface area contributed by atoms with Crippen LogP contribution in [-0.4, -0.2) is 33.1 Å². The van der Waals surface area contributed by atoms with Crippen molar-refractivity contribution in [3.05, 3.63) is 65.9 Å². The van der Waals surface area contributed by atoms with Crippen LogP contribution in [-0.2, 0) is 22.4 Å². The molecule has 0 aliphatic rings. The largest absolute Gasteiger partial charge is 0.508 e. The zero-order valence-corrected chi connectivity index (χ0v) is 13.4. The molecule has 1 atom stereocenters. The van der Waals surface area contributed by atoms with Crippen LogP contribution in [0.15, 0.2) is 54.7 Å². The van der Waals surface area contributed by atoms with Gasteiger partial charge in [0.05, 0.1) is 6.42 Å². The van der Waals surface area contributed by atoms with Crippen molar-refractivity contribution >= 4 is 22.8 Å². The molecule has 3 rings (SSSR count). The number of aliphatic carboxylic acids is 1. The number of carboxylic acid groups (broad SMARTS) is 1. The molecule has 0 aliphatic heterocycles. The van der Waals surface area contributed by atoms with Gasteiger partial charge in [0.15, 0.2) is 0 Å². The number of hydrogen-bond acceptors (Lipinski definition) is 3. The predicted octanol–water partition coefficient (Wildman–Crippen LogP) is 2.23. The number of carbonyl (C=O) groups is 2. The van der Waals surface area contributed by atoms with Crippen molar-refractivity contribution in [1.82, 2.24) is 10.3 Å². The molecule has 1 heterocycles. The van der Waals surface area contributed by atoms with E-state index < -0.39 is 12.0 Å². The monoisotopic (exact) mass is 338 g/mol. The van der Waals surface area contributed by atoms with Crippen LogP contribution < -0.4 is 5.32 Å². The van der Waals surface area contributed by atoms with Gasteiger partial charge in [0.2, 0.25) is 5.91 Å². The molecule has 6 nitrogen and oxygen atoms in total. The van der Waals surface area contributed by atoms with Crippen LogP contribution in [0.3, 0.4) is 0 Å². The number of aromatic amines is 1. The van der Waals surface area contributed by atoms with Crippen LogP contribution in [0, 0.1) is 0 Å². The molecule has 1 amide bonds. The summed E-state index contributed by atoms with van der Waals surface area (Å²) in [5, 5.41) is 22.2. The molecule has 25 heavy (non-hydrogen) atoms. The van der Waals surface area contributed by atoms with Gasteiger partial charge in [-0.1, -0.05) is 30.3 Å². The Morgan fingerprint density at radius 1 is 1.12 bits per heavy atom. The molecule has 128 valence electrons. The topological polar surface area (TPSA) is 102 Å². The standard InChI is InChI=1S/C19H18N2O4/c22-14-6-7-15-13(11-20-16(15)10-14)9-18(23)21-17(19(24)25)8-12-4-2-1-3-5-12/h1-7,10-11,17,20,22H,8-9H2,(H,21,23)(H,24,25). The molecule has 0 fully saturated rings. The van der Waals surface area contributed by atoms with Gasteiger partial charge >= 0.3 is 5.97 Å². The summed E-state index contributed by atoms with van der Waals surface area (Å²) in [5.41, 5.74) is 2.32. The Morgan fingerprint density at radius 3 is 2.60 bits per heavy atom. The van der Waals surface area contributed by atoms with Gasteiger partial charge in [-0.3, -0.25) is 4.79 Å². The highest BCUT2D eigenvalue weighted by Gasteiger charge is 2.21. The summed E-state index contributed by atoms with van der Waals surface area (Å²) in [6, 6.07) is 13.0. The summed E-state index contributed by atoms with van der Waals surface area (Å²) in [7, 11) is 0. The lowest BCUT2D eigenvalue weighted by Gasteiger charge is -2.14. The van der Waals surface area contributed by atoms with Crippen LogP contribution in [0.25, 0.3) is 10.9 Å². The van der Waals surface area contributed by atoms with E-state index in [1.165, 1.54) is 0 Å². The van der Waals surface area contributed by atoms with E-state index in [0.717, 1.165) is 22.0 Å². The number of carbonyl (C=O) groups excluding carboxylic acids is 1. The maximum absolute atomic E-state index is 12.3. The third kappa shape index (κ3) is 3.98. The van der Waals surface area contributed by atoms with E-state index in [4.69, 9.17) is 0 Å². The molecule has 0 bridgehead atoms. The van der Waals surface area contributed by atoms with Crippen molar-refractivity contribution in [2.45, 2.75) is 18.9 Å². The number of carboxylic acids is 1. The van der Waals surface area contributed by atoms with Crippen LogP contribution in [0.5, 0.6) is 5.75 Å². The summed E-state index contributed by atoms with van der Waals surface area (Å²) in [6.07, 6.45) is 1.98. The lowest BCUT2D eigenvalue weighted by atomic mass is 10.1. The van der Waals surface area contributed by atoms with Gasteiger partial charge in [-0.2, -0.15) is 0 Å². The Kier molecular flexibility index (Phi) is 4.70. The lowest BCUT2D eigenvalue weighted by Crippen LogP contribution is -2.43. The first kappa shape index (κ1) is 16.6. The highest BCUT2D eigenvalue weighted by molar-refractivity contribution is 5.91. The Labute approximate surface area is 144 Å². The molecule has 6 heteroatoms. The minimum atomic E-state index is -1.07. The SMILES string of the molecule is O=C(Cc1c[nH]c2cc(O)ccc12)NC(Cc1ccccc1)C(=O)O. The zero-order chi connectivity index (χ0) is 17.8. The molecule has 1 unspecified atom stereocenters.